The first-order valence-electron chi connectivity index (χ1n) is 6.03. The SMILES string of the molecule is O=S(=O)(CC1CCNCC1)N(CCO)CC(F)F. The fraction of sp³-hybridized carbons (Fsp3) is 1.00. The summed E-state index contributed by atoms with van der Waals surface area (Å²) in [5.74, 6) is -0.100. The minimum Gasteiger partial charge on any atom is -0.395 e. The van der Waals surface area contributed by atoms with Gasteiger partial charge in [-0.05, 0) is 31.8 Å². The van der Waals surface area contributed by atoms with Crippen LogP contribution in [0.25, 0.3) is 0 Å². The monoisotopic (exact) mass is 286 g/mol. The maximum Gasteiger partial charge on any atom is 0.252 e. The van der Waals surface area contributed by atoms with Gasteiger partial charge in [0.05, 0.1) is 18.9 Å². The summed E-state index contributed by atoms with van der Waals surface area (Å²) < 4.78 is 49.3. The summed E-state index contributed by atoms with van der Waals surface area (Å²) >= 11 is 0. The van der Waals surface area contributed by atoms with E-state index in [1.165, 1.54) is 0 Å². The molecule has 18 heavy (non-hydrogen) atoms. The van der Waals surface area contributed by atoms with Crippen LogP contribution >= 0.6 is 0 Å². The van der Waals surface area contributed by atoms with E-state index in [1.54, 1.807) is 0 Å². The molecule has 0 amide bonds. The summed E-state index contributed by atoms with van der Waals surface area (Å²) in [6, 6.07) is 0. The molecule has 2 N–H and O–H groups in total. The molecule has 0 saturated carbocycles. The van der Waals surface area contributed by atoms with Gasteiger partial charge in [-0.15, -0.1) is 0 Å². The molecule has 5 nitrogen and oxygen atoms in total. The predicted octanol–water partition coefficient (Wildman–Crippen LogP) is -0.125. The van der Waals surface area contributed by atoms with E-state index in [9.17, 15) is 17.2 Å². The number of sulfonamides is 1. The zero-order valence-corrected chi connectivity index (χ0v) is 11.0. The first-order valence-corrected chi connectivity index (χ1v) is 7.64. The van der Waals surface area contributed by atoms with Crippen molar-refractivity contribution in [2.75, 3.05) is 38.5 Å². The molecule has 0 aromatic heterocycles. The molecule has 0 unspecified atom stereocenters. The molecule has 0 atom stereocenters. The number of hydrogen-bond acceptors (Lipinski definition) is 4. The number of piperidine rings is 1. The van der Waals surface area contributed by atoms with Crippen molar-refractivity contribution in [1.82, 2.24) is 9.62 Å². The quantitative estimate of drug-likeness (QED) is 0.684. The van der Waals surface area contributed by atoms with E-state index in [-0.39, 0.29) is 18.2 Å². The highest BCUT2D eigenvalue weighted by Crippen LogP contribution is 2.17. The number of aliphatic hydroxyl groups excluding tert-OH is 1. The zero-order chi connectivity index (χ0) is 13.6. The highest BCUT2D eigenvalue weighted by Gasteiger charge is 2.28. The maximum absolute atomic E-state index is 12.3. The number of rotatable bonds is 7. The molecular formula is C10H20F2N2O3S. The van der Waals surface area contributed by atoms with Crippen LogP contribution < -0.4 is 5.32 Å². The normalized spacial score (nSPS) is 18.7. The van der Waals surface area contributed by atoms with Crippen molar-refractivity contribution >= 4 is 10.0 Å². The summed E-state index contributed by atoms with van der Waals surface area (Å²) in [5.41, 5.74) is 0. The zero-order valence-electron chi connectivity index (χ0n) is 10.2. The van der Waals surface area contributed by atoms with E-state index < -0.39 is 29.6 Å². The van der Waals surface area contributed by atoms with Crippen LogP contribution in [0.2, 0.25) is 0 Å². The lowest BCUT2D eigenvalue weighted by Crippen LogP contribution is -2.41. The van der Waals surface area contributed by atoms with Gasteiger partial charge in [-0.2, -0.15) is 4.31 Å². The van der Waals surface area contributed by atoms with Crippen LogP contribution in [0.1, 0.15) is 12.8 Å². The number of nitrogens with zero attached hydrogens (tertiary/aromatic N) is 1. The number of nitrogens with one attached hydrogen (secondary N) is 1. The second kappa shape index (κ2) is 7.32. The van der Waals surface area contributed by atoms with Gasteiger partial charge in [-0.3, -0.25) is 0 Å². The average molecular weight is 286 g/mol. The Hall–Kier alpha value is -0.310. The minimum absolute atomic E-state index is 0.00937. The van der Waals surface area contributed by atoms with Crippen molar-refractivity contribution in [3.8, 4) is 0 Å². The largest absolute Gasteiger partial charge is 0.395 e. The Balaban J connectivity index is 2.61. The molecule has 1 aliphatic rings. The molecule has 0 bridgehead atoms. The van der Waals surface area contributed by atoms with Crippen LogP contribution in [0.4, 0.5) is 8.78 Å². The molecule has 0 radical (unpaired) electrons. The van der Waals surface area contributed by atoms with Crippen molar-refractivity contribution in [3.63, 3.8) is 0 Å². The Bertz CT molecular complexity index is 332. The maximum atomic E-state index is 12.3. The molecule has 1 saturated heterocycles. The van der Waals surface area contributed by atoms with E-state index >= 15 is 0 Å². The van der Waals surface area contributed by atoms with Crippen molar-refractivity contribution in [2.45, 2.75) is 19.3 Å². The van der Waals surface area contributed by atoms with Crippen molar-refractivity contribution in [2.24, 2.45) is 5.92 Å². The average Bonchev–Trinajstić information content (AvgIpc) is 2.28. The topological polar surface area (TPSA) is 69.6 Å². The highest BCUT2D eigenvalue weighted by molar-refractivity contribution is 7.89. The first kappa shape index (κ1) is 15.7. The van der Waals surface area contributed by atoms with Gasteiger partial charge < -0.3 is 10.4 Å². The van der Waals surface area contributed by atoms with Crippen LogP contribution in [0.3, 0.4) is 0 Å². The highest BCUT2D eigenvalue weighted by atomic mass is 32.2. The van der Waals surface area contributed by atoms with Crippen molar-refractivity contribution in [3.05, 3.63) is 0 Å². The minimum atomic E-state index is -3.71. The molecule has 8 heteroatoms. The van der Waals surface area contributed by atoms with Gasteiger partial charge >= 0.3 is 0 Å². The Morgan fingerprint density at radius 1 is 1.33 bits per heavy atom. The Kier molecular flexibility index (Phi) is 6.40. The summed E-state index contributed by atoms with van der Waals surface area (Å²) in [6.07, 6.45) is -1.25. The van der Waals surface area contributed by atoms with Crippen molar-refractivity contribution < 1.29 is 22.3 Å². The van der Waals surface area contributed by atoms with Gasteiger partial charge in [-0.1, -0.05) is 0 Å². The molecular weight excluding hydrogens is 266 g/mol. The molecule has 0 aromatic carbocycles. The summed E-state index contributed by atoms with van der Waals surface area (Å²) in [5, 5.41) is 11.9. The van der Waals surface area contributed by atoms with Crippen LogP contribution in [0.15, 0.2) is 0 Å². The van der Waals surface area contributed by atoms with E-state index in [0.717, 1.165) is 25.9 Å². The lowest BCUT2D eigenvalue weighted by molar-refractivity contribution is 0.112. The number of alkyl halides is 2. The summed E-state index contributed by atoms with van der Waals surface area (Å²) in [7, 11) is -3.71. The van der Waals surface area contributed by atoms with E-state index in [2.05, 4.69) is 5.32 Å². The fourth-order valence-corrected chi connectivity index (χ4v) is 3.90. The number of halogens is 2. The van der Waals surface area contributed by atoms with Crippen LogP contribution in [0, 0.1) is 5.92 Å². The summed E-state index contributed by atoms with van der Waals surface area (Å²) in [6.45, 7) is -0.0340. The number of hydrogen-bond donors (Lipinski definition) is 2. The van der Waals surface area contributed by atoms with Gasteiger partial charge in [0.2, 0.25) is 10.0 Å². The first-order chi connectivity index (χ1) is 8.45. The van der Waals surface area contributed by atoms with Gasteiger partial charge in [0.25, 0.3) is 6.43 Å². The van der Waals surface area contributed by atoms with Crippen LogP contribution in [-0.4, -0.2) is 62.8 Å². The second-order valence-corrected chi connectivity index (χ2v) is 6.46. The third-order valence-corrected chi connectivity index (χ3v) is 5.00. The molecule has 1 aliphatic heterocycles. The van der Waals surface area contributed by atoms with Crippen LogP contribution in [0.5, 0.6) is 0 Å². The van der Waals surface area contributed by atoms with Crippen LogP contribution in [-0.2, 0) is 10.0 Å². The Morgan fingerprint density at radius 3 is 2.44 bits per heavy atom. The Labute approximate surface area is 106 Å². The van der Waals surface area contributed by atoms with Gasteiger partial charge in [0, 0.05) is 6.54 Å². The molecule has 1 rings (SSSR count). The van der Waals surface area contributed by atoms with Gasteiger partial charge in [0.1, 0.15) is 0 Å². The fourth-order valence-electron chi connectivity index (χ4n) is 2.06. The van der Waals surface area contributed by atoms with E-state index in [4.69, 9.17) is 5.11 Å². The van der Waals surface area contributed by atoms with Gasteiger partial charge in [0.15, 0.2) is 0 Å². The molecule has 0 aliphatic carbocycles. The number of aliphatic hydroxyl groups is 1. The molecule has 108 valence electrons. The van der Waals surface area contributed by atoms with Crippen molar-refractivity contribution in [1.29, 1.82) is 0 Å². The molecule has 1 fully saturated rings. The molecule has 0 spiro atoms. The lowest BCUT2D eigenvalue weighted by Gasteiger charge is -2.26. The Morgan fingerprint density at radius 2 is 1.94 bits per heavy atom. The second-order valence-electron chi connectivity index (χ2n) is 4.44. The molecule has 0 aromatic rings. The summed E-state index contributed by atoms with van der Waals surface area (Å²) in [4.78, 5) is 0. The smallest absolute Gasteiger partial charge is 0.252 e. The lowest BCUT2D eigenvalue weighted by atomic mass is 10.0. The van der Waals surface area contributed by atoms with E-state index in [0.29, 0.717) is 4.31 Å². The molecule has 1 heterocycles. The van der Waals surface area contributed by atoms with Gasteiger partial charge in [-0.25, -0.2) is 17.2 Å². The third kappa shape index (κ3) is 5.13. The third-order valence-electron chi connectivity index (χ3n) is 2.99. The standard InChI is InChI=1S/C10H20F2N2O3S/c11-10(12)7-14(5-6-15)18(16,17)8-9-1-3-13-4-2-9/h9-10,13,15H,1-8H2. The van der Waals surface area contributed by atoms with E-state index in [1.807, 2.05) is 0 Å². The predicted molar refractivity (Wildman–Crippen MR) is 64.0 cm³/mol.